The molecule has 1 aromatic carbocycles. The number of nitrogens with zero attached hydrogens (tertiary/aromatic N) is 2. The van der Waals surface area contributed by atoms with E-state index in [1.807, 2.05) is 7.05 Å². The van der Waals surface area contributed by atoms with E-state index in [1.165, 1.54) is 6.42 Å². The maximum atomic E-state index is 12.4. The number of amides is 1. The predicted molar refractivity (Wildman–Crippen MR) is 78.5 cm³/mol. The number of likely N-dealkylation sites (tertiary alicyclic amines) is 1. The van der Waals surface area contributed by atoms with Crippen LogP contribution >= 0.6 is 11.6 Å². The quantitative estimate of drug-likeness (QED) is 0.863. The number of halogens is 1. The molecule has 1 fully saturated rings. The third-order valence-electron chi connectivity index (χ3n) is 3.72. The summed E-state index contributed by atoms with van der Waals surface area (Å²) in [4.78, 5) is 16.4. The lowest BCUT2D eigenvalue weighted by Crippen LogP contribution is -2.39. The van der Waals surface area contributed by atoms with Crippen molar-refractivity contribution in [2.45, 2.75) is 18.9 Å². The molecule has 1 aliphatic rings. The molecule has 19 heavy (non-hydrogen) atoms. The van der Waals surface area contributed by atoms with E-state index >= 15 is 0 Å². The van der Waals surface area contributed by atoms with E-state index in [0.29, 0.717) is 22.3 Å². The minimum absolute atomic E-state index is 0.0717. The molecule has 0 aromatic heterocycles. The Labute approximate surface area is 119 Å². The van der Waals surface area contributed by atoms with Crippen LogP contribution in [0.2, 0.25) is 5.02 Å². The summed E-state index contributed by atoms with van der Waals surface area (Å²) in [6.45, 7) is 1.83. The first-order valence-electron chi connectivity index (χ1n) is 6.50. The summed E-state index contributed by atoms with van der Waals surface area (Å²) in [6, 6.07) is 5.44. The number of carbonyl (C=O) groups is 1. The highest BCUT2D eigenvalue weighted by Gasteiger charge is 2.25. The summed E-state index contributed by atoms with van der Waals surface area (Å²) in [7, 11) is 3.91. The molecule has 0 bridgehead atoms. The highest BCUT2D eigenvalue weighted by Crippen LogP contribution is 2.21. The Hall–Kier alpha value is -1.26. The molecule has 1 unspecified atom stereocenters. The maximum absolute atomic E-state index is 12.4. The van der Waals surface area contributed by atoms with Gasteiger partial charge in [-0.3, -0.25) is 4.79 Å². The van der Waals surface area contributed by atoms with Crippen LogP contribution < -0.4 is 5.73 Å². The molecule has 4 nitrogen and oxygen atoms in total. The molecule has 0 aliphatic carbocycles. The van der Waals surface area contributed by atoms with Gasteiger partial charge in [0, 0.05) is 25.3 Å². The summed E-state index contributed by atoms with van der Waals surface area (Å²) < 4.78 is 0. The van der Waals surface area contributed by atoms with Crippen LogP contribution in [-0.4, -0.2) is 48.9 Å². The topological polar surface area (TPSA) is 49.6 Å². The molecule has 1 aliphatic heterocycles. The van der Waals surface area contributed by atoms with Crippen molar-refractivity contribution >= 4 is 23.2 Å². The van der Waals surface area contributed by atoms with Crippen molar-refractivity contribution in [1.29, 1.82) is 0 Å². The second kappa shape index (κ2) is 5.80. The van der Waals surface area contributed by atoms with Gasteiger partial charge in [-0.15, -0.1) is 0 Å². The molecule has 104 valence electrons. The Balaban J connectivity index is 2.08. The fourth-order valence-corrected chi connectivity index (χ4v) is 2.72. The van der Waals surface area contributed by atoms with Crippen LogP contribution in [0, 0.1) is 0 Å². The van der Waals surface area contributed by atoms with Crippen LogP contribution in [0.25, 0.3) is 0 Å². The van der Waals surface area contributed by atoms with E-state index in [0.717, 1.165) is 19.5 Å². The molecule has 0 spiro atoms. The van der Waals surface area contributed by atoms with Crippen molar-refractivity contribution < 1.29 is 4.79 Å². The van der Waals surface area contributed by atoms with Gasteiger partial charge in [0.05, 0.1) is 10.6 Å². The zero-order chi connectivity index (χ0) is 14.0. The molecule has 1 heterocycles. The second-order valence-electron chi connectivity index (χ2n) is 5.20. The molecule has 1 amide bonds. The Kier molecular flexibility index (Phi) is 4.32. The van der Waals surface area contributed by atoms with Gasteiger partial charge in [0.15, 0.2) is 0 Å². The van der Waals surface area contributed by atoms with Crippen LogP contribution in [0.15, 0.2) is 18.2 Å². The molecular weight excluding hydrogens is 262 g/mol. The fourth-order valence-electron chi connectivity index (χ4n) is 2.52. The van der Waals surface area contributed by atoms with E-state index in [2.05, 4.69) is 11.9 Å². The number of nitrogen functional groups attached to an aromatic ring is 1. The lowest BCUT2D eigenvalue weighted by Gasteiger charge is -2.26. The first-order chi connectivity index (χ1) is 8.99. The standard InChI is InChI=1S/C14H20ClN3O/c1-17-7-3-4-11(17)9-18(2)14(19)12-8-10(16)5-6-13(12)15/h5-6,8,11H,3-4,7,9,16H2,1-2H3. The van der Waals surface area contributed by atoms with E-state index in [4.69, 9.17) is 17.3 Å². The van der Waals surface area contributed by atoms with Crippen LogP contribution in [0.1, 0.15) is 23.2 Å². The van der Waals surface area contributed by atoms with E-state index in [1.54, 1.807) is 23.1 Å². The zero-order valence-corrected chi connectivity index (χ0v) is 12.2. The third-order valence-corrected chi connectivity index (χ3v) is 4.05. The van der Waals surface area contributed by atoms with Gasteiger partial charge in [0.1, 0.15) is 0 Å². The van der Waals surface area contributed by atoms with Crippen LogP contribution in [-0.2, 0) is 0 Å². The molecule has 5 heteroatoms. The predicted octanol–water partition coefficient (Wildman–Crippen LogP) is 2.09. The molecular formula is C14H20ClN3O. The highest BCUT2D eigenvalue weighted by atomic mass is 35.5. The summed E-state index contributed by atoms with van der Waals surface area (Å²) in [5.74, 6) is -0.0717. The van der Waals surface area contributed by atoms with Gasteiger partial charge in [-0.1, -0.05) is 11.6 Å². The van der Waals surface area contributed by atoms with Gasteiger partial charge >= 0.3 is 0 Å². The van der Waals surface area contributed by atoms with Crippen molar-refractivity contribution in [2.24, 2.45) is 0 Å². The van der Waals surface area contributed by atoms with E-state index in [9.17, 15) is 4.79 Å². The minimum Gasteiger partial charge on any atom is -0.399 e. The summed E-state index contributed by atoms with van der Waals surface area (Å²) in [5, 5.41) is 0.450. The fraction of sp³-hybridized carbons (Fsp3) is 0.500. The average molecular weight is 282 g/mol. The van der Waals surface area contributed by atoms with Crippen LogP contribution in [0.4, 0.5) is 5.69 Å². The SMILES string of the molecule is CN(CC1CCCN1C)C(=O)c1cc(N)ccc1Cl. The summed E-state index contributed by atoms with van der Waals surface area (Å²) in [6.07, 6.45) is 2.33. The Morgan fingerprint density at radius 1 is 1.58 bits per heavy atom. The first-order valence-corrected chi connectivity index (χ1v) is 6.87. The summed E-state index contributed by atoms with van der Waals surface area (Å²) in [5.41, 5.74) is 6.74. The first kappa shape index (κ1) is 14.2. The maximum Gasteiger partial charge on any atom is 0.255 e. The molecule has 1 aromatic rings. The van der Waals surface area contributed by atoms with Gasteiger partial charge in [-0.25, -0.2) is 0 Å². The normalized spacial score (nSPS) is 19.6. The number of rotatable bonds is 3. The van der Waals surface area contributed by atoms with Crippen molar-refractivity contribution in [3.8, 4) is 0 Å². The number of anilines is 1. The Morgan fingerprint density at radius 3 is 2.95 bits per heavy atom. The number of likely N-dealkylation sites (N-methyl/N-ethyl adjacent to an activating group) is 2. The van der Waals surface area contributed by atoms with E-state index < -0.39 is 0 Å². The van der Waals surface area contributed by atoms with Crippen LogP contribution in [0.5, 0.6) is 0 Å². The highest BCUT2D eigenvalue weighted by molar-refractivity contribution is 6.33. The molecule has 1 saturated heterocycles. The smallest absolute Gasteiger partial charge is 0.255 e. The number of hydrogen-bond donors (Lipinski definition) is 1. The monoisotopic (exact) mass is 281 g/mol. The van der Waals surface area contributed by atoms with Crippen LogP contribution in [0.3, 0.4) is 0 Å². The lowest BCUT2D eigenvalue weighted by molar-refractivity contribution is 0.0762. The largest absolute Gasteiger partial charge is 0.399 e. The number of benzene rings is 1. The zero-order valence-electron chi connectivity index (χ0n) is 11.4. The van der Waals surface area contributed by atoms with Gasteiger partial charge in [-0.2, -0.15) is 0 Å². The molecule has 2 N–H and O–H groups in total. The van der Waals surface area contributed by atoms with E-state index in [-0.39, 0.29) is 5.91 Å². The number of hydrogen-bond acceptors (Lipinski definition) is 3. The van der Waals surface area contributed by atoms with Gasteiger partial charge in [-0.05, 0) is 44.6 Å². The molecule has 0 saturated carbocycles. The molecule has 1 atom stereocenters. The Bertz CT molecular complexity index is 478. The molecule has 2 rings (SSSR count). The van der Waals surface area contributed by atoms with Gasteiger partial charge < -0.3 is 15.5 Å². The van der Waals surface area contributed by atoms with Crippen molar-refractivity contribution in [2.75, 3.05) is 32.9 Å². The minimum atomic E-state index is -0.0717. The number of carbonyl (C=O) groups excluding carboxylic acids is 1. The number of nitrogens with two attached hydrogens (primary N) is 1. The second-order valence-corrected chi connectivity index (χ2v) is 5.61. The van der Waals surface area contributed by atoms with Crippen molar-refractivity contribution in [3.05, 3.63) is 28.8 Å². The molecule has 0 radical (unpaired) electrons. The van der Waals surface area contributed by atoms with Gasteiger partial charge in [0.25, 0.3) is 5.91 Å². The summed E-state index contributed by atoms with van der Waals surface area (Å²) >= 11 is 6.07. The van der Waals surface area contributed by atoms with Gasteiger partial charge in [0.2, 0.25) is 0 Å². The van der Waals surface area contributed by atoms with Crippen molar-refractivity contribution in [3.63, 3.8) is 0 Å². The Morgan fingerprint density at radius 2 is 2.32 bits per heavy atom. The van der Waals surface area contributed by atoms with Crippen molar-refractivity contribution in [1.82, 2.24) is 9.80 Å². The lowest BCUT2D eigenvalue weighted by atomic mass is 10.1. The third kappa shape index (κ3) is 3.19. The average Bonchev–Trinajstić information content (AvgIpc) is 2.77.